The SMILES string of the molecule is CC(=O)N[C@@H](C)COc1ccc2nc(-c3ccc(OCCC4CC4)c(F)c3)oc2c1. The van der Waals surface area contributed by atoms with Gasteiger partial charge in [-0.25, -0.2) is 9.37 Å². The van der Waals surface area contributed by atoms with E-state index in [9.17, 15) is 9.18 Å². The molecule has 1 aliphatic carbocycles. The molecule has 1 aromatic heterocycles. The third-order valence-electron chi connectivity index (χ3n) is 4.97. The van der Waals surface area contributed by atoms with Gasteiger partial charge in [-0.05, 0) is 49.6 Å². The van der Waals surface area contributed by atoms with E-state index in [1.807, 2.05) is 6.92 Å². The summed E-state index contributed by atoms with van der Waals surface area (Å²) >= 11 is 0. The third-order valence-corrected chi connectivity index (χ3v) is 4.97. The lowest BCUT2D eigenvalue weighted by atomic mass is 10.2. The van der Waals surface area contributed by atoms with Gasteiger partial charge in [0.2, 0.25) is 11.8 Å². The van der Waals surface area contributed by atoms with Crippen molar-refractivity contribution in [2.24, 2.45) is 5.92 Å². The first-order valence-electron chi connectivity index (χ1n) is 10.2. The number of oxazole rings is 1. The second-order valence-electron chi connectivity index (χ2n) is 7.79. The molecular formula is C23H25FN2O4. The Hall–Kier alpha value is -3.09. The van der Waals surface area contributed by atoms with Crippen LogP contribution in [0.15, 0.2) is 40.8 Å². The number of benzene rings is 2. The van der Waals surface area contributed by atoms with Crippen molar-refractivity contribution in [2.45, 2.75) is 39.2 Å². The predicted molar refractivity (Wildman–Crippen MR) is 111 cm³/mol. The Labute approximate surface area is 174 Å². The molecule has 2 aromatic carbocycles. The molecule has 0 bridgehead atoms. The quantitative estimate of drug-likeness (QED) is 0.551. The molecule has 1 fully saturated rings. The Morgan fingerprint density at radius 1 is 1.27 bits per heavy atom. The van der Waals surface area contributed by atoms with Gasteiger partial charge < -0.3 is 19.2 Å². The fourth-order valence-electron chi connectivity index (χ4n) is 3.22. The first-order chi connectivity index (χ1) is 14.5. The molecule has 1 saturated carbocycles. The number of hydrogen-bond donors (Lipinski definition) is 1. The van der Waals surface area contributed by atoms with Gasteiger partial charge >= 0.3 is 0 Å². The van der Waals surface area contributed by atoms with Gasteiger partial charge in [0.25, 0.3) is 0 Å². The summed E-state index contributed by atoms with van der Waals surface area (Å²) in [5, 5.41) is 2.76. The molecule has 6 nitrogen and oxygen atoms in total. The number of ether oxygens (including phenoxy) is 2. The van der Waals surface area contributed by atoms with Gasteiger partial charge in [-0.3, -0.25) is 4.79 Å². The highest BCUT2D eigenvalue weighted by molar-refractivity contribution is 5.77. The van der Waals surface area contributed by atoms with Crippen molar-refractivity contribution in [3.05, 3.63) is 42.2 Å². The smallest absolute Gasteiger partial charge is 0.227 e. The lowest BCUT2D eigenvalue weighted by Gasteiger charge is -2.13. The van der Waals surface area contributed by atoms with Gasteiger partial charge in [-0.15, -0.1) is 0 Å². The number of carbonyl (C=O) groups is 1. The molecule has 1 N–H and O–H groups in total. The van der Waals surface area contributed by atoms with Crippen molar-refractivity contribution < 1.29 is 23.1 Å². The molecule has 30 heavy (non-hydrogen) atoms. The Kier molecular flexibility index (Phi) is 5.88. The van der Waals surface area contributed by atoms with Crippen molar-refractivity contribution in [3.8, 4) is 23.0 Å². The average molecular weight is 412 g/mol. The van der Waals surface area contributed by atoms with Gasteiger partial charge in [0.1, 0.15) is 17.9 Å². The molecular weight excluding hydrogens is 387 g/mol. The molecule has 3 aromatic rings. The summed E-state index contributed by atoms with van der Waals surface area (Å²) in [4.78, 5) is 15.5. The van der Waals surface area contributed by atoms with Crippen molar-refractivity contribution in [1.29, 1.82) is 0 Å². The van der Waals surface area contributed by atoms with Crippen LogP contribution in [0.2, 0.25) is 0 Å². The minimum absolute atomic E-state index is 0.104. The summed E-state index contributed by atoms with van der Waals surface area (Å²) in [5.41, 5.74) is 1.73. The van der Waals surface area contributed by atoms with E-state index in [-0.39, 0.29) is 17.7 Å². The molecule has 1 heterocycles. The highest BCUT2D eigenvalue weighted by Gasteiger charge is 2.21. The van der Waals surface area contributed by atoms with Crippen LogP contribution >= 0.6 is 0 Å². The maximum atomic E-state index is 14.4. The summed E-state index contributed by atoms with van der Waals surface area (Å²) in [5.74, 6) is 1.40. The molecule has 0 aliphatic heterocycles. The van der Waals surface area contributed by atoms with Crippen LogP contribution in [0, 0.1) is 11.7 Å². The zero-order valence-corrected chi connectivity index (χ0v) is 17.1. The monoisotopic (exact) mass is 412 g/mol. The predicted octanol–water partition coefficient (Wildman–Crippen LogP) is 4.72. The molecule has 1 aliphatic rings. The summed E-state index contributed by atoms with van der Waals surface area (Å²) in [6.45, 7) is 4.20. The molecule has 0 unspecified atom stereocenters. The standard InChI is InChI=1S/C23H25FN2O4/c1-14(25-15(2)27)13-29-18-6-7-20-22(12-18)30-23(26-20)17-5-8-21(19(24)11-17)28-10-9-16-3-4-16/h5-8,11-12,14,16H,3-4,9-10,13H2,1-2H3,(H,25,27)/t14-/m0/s1. The van der Waals surface area contributed by atoms with E-state index in [0.29, 0.717) is 41.5 Å². The zero-order valence-electron chi connectivity index (χ0n) is 17.1. The van der Waals surface area contributed by atoms with Crippen LogP contribution in [-0.4, -0.2) is 30.1 Å². The van der Waals surface area contributed by atoms with Crippen LogP contribution in [-0.2, 0) is 4.79 Å². The van der Waals surface area contributed by atoms with Gasteiger partial charge in [-0.1, -0.05) is 12.8 Å². The van der Waals surface area contributed by atoms with E-state index in [0.717, 1.165) is 12.3 Å². The van der Waals surface area contributed by atoms with Crippen LogP contribution in [0.1, 0.15) is 33.1 Å². The van der Waals surface area contributed by atoms with Crippen LogP contribution in [0.4, 0.5) is 4.39 Å². The summed E-state index contributed by atoms with van der Waals surface area (Å²) in [6, 6.07) is 9.93. The van der Waals surface area contributed by atoms with Crippen LogP contribution in [0.5, 0.6) is 11.5 Å². The van der Waals surface area contributed by atoms with Crippen molar-refractivity contribution in [3.63, 3.8) is 0 Å². The largest absolute Gasteiger partial charge is 0.491 e. The van der Waals surface area contributed by atoms with E-state index < -0.39 is 5.82 Å². The first-order valence-corrected chi connectivity index (χ1v) is 10.2. The first kappa shape index (κ1) is 20.2. The molecule has 0 radical (unpaired) electrons. The highest BCUT2D eigenvalue weighted by atomic mass is 19.1. The Bertz CT molecular complexity index is 1040. The number of carbonyl (C=O) groups excluding carboxylic acids is 1. The van der Waals surface area contributed by atoms with E-state index in [1.54, 1.807) is 30.3 Å². The van der Waals surface area contributed by atoms with Gasteiger partial charge in [0, 0.05) is 18.6 Å². The molecule has 7 heteroatoms. The summed E-state index contributed by atoms with van der Waals surface area (Å²) < 4.78 is 31.5. The van der Waals surface area contributed by atoms with Gasteiger partial charge in [-0.2, -0.15) is 0 Å². The Morgan fingerprint density at radius 2 is 2.10 bits per heavy atom. The lowest BCUT2D eigenvalue weighted by Crippen LogP contribution is -2.35. The molecule has 1 amide bonds. The van der Waals surface area contributed by atoms with E-state index in [1.165, 1.54) is 25.8 Å². The number of nitrogens with one attached hydrogen (secondary N) is 1. The Morgan fingerprint density at radius 3 is 2.83 bits per heavy atom. The summed E-state index contributed by atoms with van der Waals surface area (Å²) in [7, 11) is 0. The molecule has 0 saturated heterocycles. The normalized spacial score (nSPS) is 14.5. The van der Waals surface area contributed by atoms with Crippen molar-refractivity contribution in [2.75, 3.05) is 13.2 Å². The fraction of sp³-hybridized carbons (Fsp3) is 0.391. The molecule has 4 rings (SSSR count). The van der Waals surface area contributed by atoms with E-state index in [4.69, 9.17) is 13.9 Å². The third kappa shape index (κ3) is 5.09. The zero-order chi connectivity index (χ0) is 21.1. The number of hydrogen-bond acceptors (Lipinski definition) is 5. The van der Waals surface area contributed by atoms with Crippen LogP contribution < -0.4 is 14.8 Å². The Balaban J connectivity index is 1.43. The highest BCUT2D eigenvalue weighted by Crippen LogP contribution is 2.33. The average Bonchev–Trinajstić information content (AvgIpc) is 3.43. The minimum atomic E-state index is -0.429. The van der Waals surface area contributed by atoms with Gasteiger partial charge in [0.05, 0.1) is 12.6 Å². The molecule has 158 valence electrons. The number of halogens is 1. The van der Waals surface area contributed by atoms with Crippen LogP contribution in [0.3, 0.4) is 0 Å². The van der Waals surface area contributed by atoms with Crippen molar-refractivity contribution in [1.82, 2.24) is 10.3 Å². The second kappa shape index (κ2) is 8.73. The number of fused-ring (bicyclic) bond motifs is 1. The lowest BCUT2D eigenvalue weighted by molar-refractivity contribution is -0.119. The topological polar surface area (TPSA) is 73.6 Å². The maximum absolute atomic E-state index is 14.4. The van der Waals surface area contributed by atoms with Crippen molar-refractivity contribution >= 4 is 17.0 Å². The molecule has 1 atom stereocenters. The minimum Gasteiger partial charge on any atom is -0.491 e. The second-order valence-corrected chi connectivity index (χ2v) is 7.79. The van der Waals surface area contributed by atoms with Crippen LogP contribution in [0.25, 0.3) is 22.6 Å². The van der Waals surface area contributed by atoms with E-state index in [2.05, 4.69) is 10.3 Å². The maximum Gasteiger partial charge on any atom is 0.227 e. The number of nitrogens with zero attached hydrogens (tertiary/aromatic N) is 1. The number of amides is 1. The number of aromatic nitrogens is 1. The van der Waals surface area contributed by atoms with Gasteiger partial charge in [0.15, 0.2) is 17.1 Å². The number of rotatable bonds is 9. The summed E-state index contributed by atoms with van der Waals surface area (Å²) in [6.07, 6.45) is 3.48. The molecule has 0 spiro atoms. The fourth-order valence-corrected chi connectivity index (χ4v) is 3.22. The van der Waals surface area contributed by atoms with E-state index >= 15 is 0 Å².